The van der Waals surface area contributed by atoms with E-state index in [1.54, 1.807) is 6.07 Å². The molecule has 1 aliphatic heterocycles. The predicted octanol–water partition coefficient (Wildman–Crippen LogP) is 3.31. The van der Waals surface area contributed by atoms with Gasteiger partial charge < -0.3 is 10.6 Å². The summed E-state index contributed by atoms with van der Waals surface area (Å²) in [7, 11) is 0. The smallest absolute Gasteiger partial charge is 0.356 e. The topological polar surface area (TPSA) is 42.2 Å². The number of hydrogen-bond donors (Lipinski definition) is 1. The highest BCUT2D eigenvalue weighted by Crippen LogP contribution is 2.34. The first-order valence-electron chi connectivity index (χ1n) is 6.83. The molecule has 20 heavy (non-hydrogen) atoms. The maximum absolute atomic E-state index is 13.2. The Kier molecular flexibility index (Phi) is 4.49. The Morgan fingerprint density at radius 3 is 2.45 bits per heavy atom. The first-order valence-corrected chi connectivity index (χ1v) is 7.21. The van der Waals surface area contributed by atoms with E-state index in [2.05, 4.69) is 18.8 Å². The number of aromatic nitrogens is 1. The van der Waals surface area contributed by atoms with Crippen LogP contribution in [0.2, 0.25) is 0 Å². The van der Waals surface area contributed by atoms with Crippen LogP contribution in [0.15, 0.2) is 12.1 Å². The molecule has 0 saturated carbocycles. The highest BCUT2D eigenvalue weighted by atomic mass is 35.5. The number of halogens is 3. The molecule has 1 aromatic heterocycles. The second kappa shape index (κ2) is 5.82. The second-order valence-corrected chi connectivity index (χ2v) is 6.21. The molecule has 1 aromatic rings. The zero-order valence-electron chi connectivity index (χ0n) is 11.7. The molecule has 0 spiro atoms. The zero-order chi connectivity index (χ0) is 14.9. The molecule has 1 saturated heterocycles. The van der Waals surface area contributed by atoms with Crippen molar-refractivity contribution in [1.82, 2.24) is 4.98 Å². The number of rotatable bonds is 3. The lowest BCUT2D eigenvalue weighted by Gasteiger charge is -2.37. The molecule has 0 radical (unpaired) electrons. The standard InChI is InChI=1S/C14H20ClF2N3/c1-9-5-10(2)8-20(7-9)13-11(6-18)3-4-12(19-13)14(15,16)17/h3-4,9-10H,5-8,18H2,1-2H3. The third-order valence-corrected chi connectivity index (χ3v) is 3.83. The van der Waals surface area contributed by atoms with Crippen LogP contribution in [0, 0.1) is 11.8 Å². The van der Waals surface area contributed by atoms with E-state index < -0.39 is 11.1 Å². The van der Waals surface area contributed by atoms with Crippen molar-refractivity contribution in [2.24, 2.45) is 17.6 Å². The van der Waals surface area contributed by atoms with Crippen molar-refractivity contribution in [3.05, 3.63) is 23.4 Å². The number of nitrogens with zero attached hydrogens (tertiary/aromatic N) is 2. The molecular weight excluding hydrogens is 284 g/mol. The summed E-state index contributed by atoms with van der Waals surface area (Å²) in [5, 5.41) is -3.45. The van der Waals surface area contributed by atoms with Crippen molar-refractivity contribution in [2.75, 3.05) is 18.0 Å². The quantitative estimate of drug-likeness (QED) is 0.871. The van der Waals surface area contributed by atoms with Crippen LogP contribution >= 0.6 is 11.6 Å². The minimum absolute atomic E-state index is 0.274. The van der Waals surface area contributed by atoms with Gasteiger partial charge in [0.1, 0.15) is 11.5 Å². The van der Waals surface area contributed by atoms with Crippen LogP contribution in [-0.2, 0) is 11.9 Å². The lowest BCUT2D eigenvalue weighted by atomic mass is 9.91. The fourth-order valence-electron chi connectivity index (χ4n) is 2.90. The van der Waals surface area contributed by atoms with Crippen LogP contribution < -0.4 is 10.6 Å². The van der Waals surface area contributed by atoms with Gasteiger partial charge >= 0.3 is 5.38 Å². The summed E-state index contributed by atoms with van der Waals surface area (Å²) < 4.78 is 26.5. The van der Waals surface area contributed by atoms with Gasteiger partial charge in [0.2, 0.25) is 0 Å². The number of alkyl halides is 3. The average molecular weight is 304 g/mol. The van der Waals surface area contributed by atoms with Crippen molar-refractivity contribution < 1.29 is 8.78 Å². The first kappa shape index (κ1) is 15.4. The molecule has 2 rings (SSSR count). The van der Waals surface area contributed by atoms with Crippen molar-refractivity contribution >= 4 is 17.4 Å². The van der Waals surface area contributed by atoms with Gasteiger partial charge in [0.25, 0.3) is 0 Å². The van der Waals surface area contributed by atoms with Crippen molar-refractivity contribution in [3.8, 4) is 0 Å². The Morgan fingerprint density at radius 2 is 1.95 bits per heavy atom. The van der Waals surface area contributed by atoms with Gasteiger partial charge in [-0.3, -0.25) is 0 Å². The van der Waals surface area contributed by atoms with E-state index in [4.69, 9.17) is 17.3 Å². The highest BCUT2D eigenvalue weighted by Gasteiger charge is 2.32. The Balaban J connectivity index is 2.37. The van der Waals surface area contributed by atoms with Crippen molar-refractivity contribution in [3.63, 3.8) is 0 Å². The van der Waals surface area contributed by atoms with Gasteiger partial charge in [-0.1, -0.05) is 19.9 Å². The first-order chi connectivity index (χ1) is 9.31. The van der Waals surface area contributed by atoms with Crippen LogP contribution in [0.1, 0.15) is 31.5 Å². The summed E-state index contributed by atoms with van der Waals surface area (Å²) in [5.74, 6) is 1.56. The fraction of sp³-hybridized carbons (Fsp3) is 0.643. The largest absolute Gasteiger partial charge is 0.364 e. The van der Waals surface area contributed by atoms with Gasteiger partial charge in [0.05, 0.1) is 0 Å². The summed E-state index contributed by atoms with van der Waals surface area (Å²) in [6, 6.07) is 2.84. The molecule has 2 N–H and O–H groups in total. The van der Waals surface area contributed by atoms with E-state index in [9.17, 15) is 8.78 Å². The van der Waals surface area contributed by atoms with Crippen molar-refractivity contribution in [1.29, 1.82) is 0 Å². The minimum atomic E-state index is -3.45. The molecule has 6 heteroatoms. The Bertz CT molecular complexity index is 466. The van der Waals surface area contributed by atoms with Gasteiger partial charge in [0.15, 0.2) is 0 Å². The number of hydrogen-bond acceptors (Lipinski definition) is 3. The van der Waals surface area contributed by atoms with Gasteiger partial charge in [-0.2, -0.15) is 8.78 Å². The van der Waals surface area contributed by atoms with Gasteiger partial charge in [-0.25, -0.2) is 4.98 Å². The highest BCUT2D eigenvalue weighted by molar-refractivity contribution is 6.21. The lowest BCUT2D eigenvalue weighted by Crippen LogP contribution is -2.40. The predicted molar refractivity (Wildman–Crippen MR) is 77.0 cm³/mol. The van der Waals surface area contributed by atoms with E-state index in [0.717, 1.165) is 25.1 Å². The molecule has 1 aliphatic rings. The number of nitrogens with two attached hydrogens (primary N) is 1. The fourth-order valence-corrected chi connectivity index (χ4v) is 3.01. The SMILES string of the molecule is CC1CC(C)CN(c2nc(C(F)(F)Cl)ccc2CN)C1. The summed E-state index contributed by atoms with van der Waals surface area (Å²) in [6.45, 7) is 6.20. The Hall–Kier alpha value is -0.940. The summed E-state index contributed by atoms with van der Waals surface area (Å²) >= 11 is 5.08. The minimum Gasteiger partial charge on any atom is -0.356 e. The molecule has 1 fully saturated rings. The molecule has 2 heterocycles. The molecule has 0 amide bonds. The van der Waals surface area contributed by atoms with E-state index >= 15 is 0 Å². The Morgan fingerprint density at radius 1 is 1.35 bits per heavy atom. The molecule has 0 bridgehead atoms. The van der Waals surface area contributed by atoms with Crippen LogP contribution in [0.4, 0.5) is 14.6 Å². The molecular formula is C14H20ClF2N3. The van der Waals surface area contributed by atoms with E-state index in [1.165, 1.54) is 6.07 Å². The molecule has 2 atom stereocenters. The third kappa shape index (κ3) is 3.38. The summed E-state index contributed by atoms with van der Waals surface area (Å²) in [6.07, 6.45) is 1.14. The van der Waals surface area contributed by atoms with E-state index in [1.807, 2.05) is 4.90 Å². The van der Waals surface area contributed by atoms with Crippen LogP contribution in [0.5, 0.6) is 0 Å². The number of anilines is 1. The van der Waals surface area contributed by atoms with Gasteiger partial charge in [-0.15, -0.1) is 0 Å². The molecule has 2 unspecified atom stereocenters. The number of piperidine rings is 1. The summed E-state index contributed by atoms with van der Waals surface area (Å²) in [5.41, 5.74) is 6.05. The second-order valence-electron chi connectivity index (χ2n) is 5.73. The summed E-state index contributed by atoms with van der Waals surface area (Å²) in [4.78, 5) is 6.12. The average Bonchev–Trinajstić information content (AvgIpc) is 2.35. The maximum Gasteiger partial charge on any atom is 0.364 e. The third-order valence-electron chi connectivity index (χ3n) is 3.63. The number of pyridine rings is 1. The Labute approximate surface area is 123 Å². The normalized spacial score (nSPS) is 24.0. The van der Waals surface area contributed by atoms with Crippen LogP contribution in [-0.4, -0.2) is 18.1 Å². The van der Waals surface area contributed by atoms with E-state index in [-0.39, 0.29) is 6.54 Å². The molecule has 112 valence electrons. The lowest BCUT2D eigenvalue weighted by molar-refractivity contribution is 0.0900. The monoisotopic (exact) mass is 303 g/mol. The van der Waals surface area contributed by atoms with Crippen LogP contribution in [0.25, 0.3) is 0 Å². The van der Waals surface area contributed by atoms with Gasteiger partial charge in [0, 0.05) is 25.2 Å². The van der Waals surface area contributed by atoms with Crippen LogP contribution in [0.3, 0.4) is 0 Å². The maximum atomic E-state index is 13.2. The van der Waals surface area contributed by atoms with Gasteiger partial charge in [-0.05, 0) is 35.9 Å². The molecule has 3 nitrogen and oxygen atoms in total. The molecule has 0 aromatic carbocycles. The molecule has 0 aliphatic carbocycles. The van der Waals surface area contributed by atoms with Crippen molar-refractivity contribution in [2.45, 2.75) is 32.2 Å². The van der Waals surface area contributed by atoms with E-state index in [0.29, 0.717) is 17.7 Å². The zero-order valence-corrected chi connectivity index (χ0v) is 12.5.